The second-order valence-electron chi connectivity index (χ2n) is 6.08. The molecule has 4 unspecified atom stereocenters. The van der Waals surface area contributed by atoms with Crippen molar-refractivity contribution >= 4 is 5.97 Å². The molecule has 0 aromatic heterocycles. The zero-order valence-corrected chi connectivity index (χ0v) is 10.9. The molecule has 2 fully saturated rings. The number of carbonyl (C=O) groups is 1. The van der Waals surface area contributed by atoms with Crippen LogP contribution in [0.1, 0.15) is 43.6 Å². The zero-order valence-electron chi connectivity index (χ0n) is 10.9. The van der Waals surface area contributed by atoms with Crippen LogP contribution in [0, 0.1) is 23.6 Å². The van der Waals surface area contributed by atoms with E-state index in [1.165, 1.54) is 25.3 Å². The van der Waals surface area contributed by atoms with Crippen molar-refractivity contribution in [1.29, 1.82) is 0 Å². The number of benzene rings is 1. The van der Waals surface area contributed by atoms with Crippen LogP contribution in [0.4, 0.5) is 4.39 Å². The Balaban J connectivity index is 1.79. The van der Waals surface area contributed by atoms with Gasteiger partial charge in [-0.15, -0.1) is 0 Å². The Morgan fingerprint density at radius 3 is 2.68 bits per heavy atom. The second-order valence-corrected chi connectivity index (χ2v) is 6.08. The van der Waals surface area contributed by atoms with Crippen molar-refractivity contribution in [3.63, 3.8) is 0 Å². The Kier molecular flexibility index (Phi) is 3.29. The molecule has 0 amide bonds. The van der Waals surface area contributed by atoms with Gasteiger partial charge in [0, 0.05) is 5.56 Å². The molecule has 1 N–H and O–H groups in total. The van der Waals surface area contributed by atoms with Crippen LogP contribution in [0.3, 0.4) is 0 Å². The maximum atomic E-state index is 13.8. The zero-order chi connectivity index (χ0) is 13.4. The minimum Gasteiger partial charge on any atom is -0.481 e. The van der Waals surface area contributed by atoms with Crippen molar-refractivity contribution < 1.29 is 14.3 Å². The molecule has 2 aliphatic rings. The third-order valence-electron chi connectivity index (χ3n) is 5.00. The first-order chi connectivity index (χ1) is 9.15. The number of carboxylic acids is 1. The van der Waals surface area contributed by atoms with Crippen molar-refractivity contribution in [2.45, 2.75) is 38.0 Å². The third kappa shape index (κ3) is 2.38. The monoisotopic (exact) mass is 262 g/mol. The molecule has 2 saturated carbocycles. The minimum atomic E-state index is -0.895. The molecule has 2 bridgehead atoms. The number of rotatable bonds is 4. The molecule has 0 radical (unpaired) electrons. The summed E-state index contributed by atoms with van der Waals surface area (Å²) in [6.45, 7) is 0. The number of hydrogen-bond acceptors (Lipinski definition) is 1. The van der Waals surface area contributed by atoms with E-state index in [1.54, 1.807) is 18.2 Å². The summed E-state index contributed by atoms with van der Waals surface area (Å²) in [6.07, 6.45) is 5.53. The van der Waals surface area contributed by atoms with Gasteiger partial charge >= 0.3 is 5.97 Å². The summed E-state index contributed by atoms with van der Waals surface area (Å²) in [4.78, 5) is 11.5. The first-order valence-corrected chi connectivity index (χ1v) is 7.12. The van der Waals surface area contributed by atoms with Gasteiger partial charge in [0.05, 0.1) is 5.92 Å². The smallest absolute Gasteiger partial charge is 0.311 e. The van der Waals surface area contributed by atoms with Gasteiger partial charge in [0.15, 0.2) is 0 Å². The standard InChI is InChI=1S/C16H19FO2/c17-15-4-2-1-3-13(15)14(16(18)19)9-12-8-10-5-6-11(12)7-10/h1-4,10-12,14H,5-9H2,(H,18,19). The third-order valence-corrected chi connectivity index (χ3v) is 5.00. The lowest BCUT2D eigenvalue weighted by Crippen LogP contribution is -2.20. The van der Waals surface area contributed by atoms with Crippen molar-refractivity contribution in [2.24, 2.45) is 17.8 Å². The van der Waals surface area contributed by atoms with E-state index in [0.29, 0.717) is 23.8 Å². The molecular weight excluding hydrogens is 243 g/mol. The summed E-state index contributed by atoms with van der Waals surface area (Å²) >= 11 is 0. The Morgan fingerprint density at radius 2 is 2.11 bits per heavy atom. The average Bonchev–Trinajstić information content (AvgIpc) is 2.99. The summed E-state index contributed by atoms with van der Waals surface area (Å²) in [7, 11) is 0. The van der Waals surface area contributed by atoms with Crippen LogP contribution in [0.15, 0.2) is 24.3 Å². The van der Waals surface area contributed by atoms with Gasteiger partial charge in [-0.2, -0.15) is 0 Å². The van der Waals surface area contributed by atoms with Crippen LogP contribution in [0.2, 0.25) is 0 Å². The highest BCUT2D eigenvalue weighted by Gasteiger charge is 2.41. The van der Waals surface area contributed by atoms with Gasteiger partial charge < -0.3 is 5.11 Å². The summed E-state index contributed by atoms with van der Waals surface area (Å²) < 4.78 is 13.8. The van der Waals surface area contributed by atoms with Gasteiger partial charge in [-0.25, -0.2) is 4.39 Å². The van der Waals surface area contributed by atoms with Crippen LogP contribution < -0.4 is 0 Å². The predicted octanol–water partition coefficient (Wildman–Crippen LogP) is 3.82. The van der Waals surface area contributed by atoms with Gasteiger partial charge in [-0.3, -0.25) is 4.79 Å². The van der Waals surface area contributed by atoms with Gasteiger partial charge in [-0.1, -0.05) is 24.6 Å². The summed E-state index contributed by atoms with van der Waals surface area (Å²) in [5.74, 6) is -0.0281. The van der Waals surface area contributed by atoms with Crippen LogP contribution in [0.25, 0.3) is 0 Å². The Hall–Kier alpha value is -1.38. The lowest BCUT2D eigenvalue weighted by Gasteiger charge is -2.25. The maximum Gasteiger partial charge on any atom is 0.311 e. The summed E-state index contributed by atoms with van der Waals surface area (Å²) in [5.41, 5.74) is 0.345. The molecule has 19 heavy (non-hydrogen) atoms. The molecule has 1 aromatic carbocycles. The van der Waals surface area contributed by atoms with Crippen LogP contribution in [-0.2, 0) is 4.79 Å². The molecule has 1 aromatic rings. The second kappa shape index (κ2) is 4.95. The molecule has 0 spiro atoms. The molecular formula is C16H19FO2. The first-order valence-electron chi connectivity index (χ1n) is 7.12. The van der Waals surface area contributed by atoms with Crippen molar-refractivity contribution in [3.05, 3.63) is 35.6 Å². The number of carboxylic acid groups (broad SMARTS) is 1. The Bertz CT molecular complexity index is 485. The van der Waals surface area contributed by atoms with E-state index in [0.717, 1.165) is 12.3 Å². The number of aliphatic carboxylic acids is 1. The molecule has 0 heterocycles. The molecule has 3 heteroatoms. The highest BCUT2D eigenvalue weighted by atomic mass is 19.1. The Morgan fingerprint density at radius 1 is 1.32 bits per heavy atom. The van der Waals surface area contributed by atoms with E-state index in [-0.39, 0.29) is 0 Å². The Labute approximate surface area is 112 Å². The van der Waals surface area contributed by atoms with E-state index in [1.807, 2.05) is 0 Å². The SMILES string of the molecule is O=C(O)C(CC1CC2CCC1C2)c1ccccc1F. The van der Waals surface area contributed by atoms with E-state index in [2.05, 4.69) is 0 Å². The fourth-order valence-corrected chi connectivity index (χ4v) is 4.09. The molecule has 3 rings (SSSR count). The van der Waals surface area contributed by atoms with Gasteiger partial charge in [0.2, 0.25) is 0 Å². The molecule has 2 aliphatic carbocycles. The van der Waals surface area contributed by atoms with Gasteiger partial charge in [0.1, 0.15) is 5.82 Å². The molecule has 0 saturated heterocycles. The van der Waals surface area contributed by atoms with Crippen molar-refractivity contribution in [2.75, 3.05) is 0 Å². The molecule has 102 valence electrons. The lowest BCUT2D eigenvalue weighted by molar-refractivity contribution is -0.139. The summed E-state index contributed by atoms with van der Waals surface area (Å²) in [6, 6.07) is 6.29. The largest absolute Gasteiger partial charge is 0.481 e. The molecule has 0 aliphatic heterocycles. The highest BCUT2D eigenvalue weighted by molar-refractivity contribution is 5.76. The van der Waals surface area contributed by atoms with E-state index >= 15 is 0 Å². The van der Waals surface area contributed by atoms with E-state index in [4.69, 9.17) is 0 Å². The first kappa shape index (κ1) is 12.6. The van der Waals surface area contributed by atoms with Gasteiger partial charge in [0.25, 0.3) is 0 Å². The van der Waals surface area contributed by atoms with E-state index < -0.39 is 17.7 Å². The normalized spacial score (nSPS) is 30.5. The van der Waals surface area contributed by atoms with Crippen molar-refractivity contribution in [1.82, 2.24) is 0 Å². The molecule has 4 atom stereocenters. The predicted molar refractivity (Wildman–Crippen MR) is 70.3 cm³/mol. The summed E-state index contributed by atoms with van der Waals surface area (Å²) in [5, 5.41) is 9.41. The maximum absolute atomic E-state index is 13.8. The number of fused-ring (bicyclic) bond motifs is 2. The minimum absolute atomic E-state index is 0.345. The average molecular weight is 262 g/mol. The van der Waals surface area contributed by atoms with Crippen LogP contribution in [0.5, 0.6) is 0 Å². The van der Waals surface area contributed by atoms with Crippen LogP contribution >= 0.6 is 0 Å². The molecule has 2 nitrogen and oxygen atoms in total. The van der Waals surface area contributed by atoms with Crippen molar-refractivity contribution in [3.8, 4) is 0 Å². The van der Waals surface area contributed by atoms with E-state index in [9.17, 15) is 14.3 Å². The van der Waals surface area contributed by atoms with Gasteiger partial charge in [-0.05, 0) is 49.5 Å². The number of hydrogen-bond donors (Lipinski definition) is 1. The van der Waals surface area contributed by atoms with Crippen LogP contribution in [-0.4, -0.2) is 11.1 Å². The fraction of sp³-hybridized carbons (Fsp3) is 0.562. The fourth-order valence-electron chi connectivity index (χ4n) is 4.09. The topological polar surface area (TPSA) is 37.3 Å². The number of halogens is 1. The lowest BCUT2D eigenvalue weighted by atomic mass is 9.80. The quantitative estimate of drug-likeness (QED) is 0.895. The highest BCUT2D eigenvalue weighted by Crippen LogP contribution is 2.51.